The summed E-state index contributed by atoms with van der Waals surface area (Å²) >= 11 is 12.8. The SMILES string of the molecule is COc1nc(OCc2c(-c3c(Cl)cccc3Cl)noc2C(C)C)ccc1NS(=O)(=O)c1ccc(C(=O)O)cc1. The second-order valence-electron chi connectivity index (χ2n) is 8.56. The fraction of sp³-hybridized carbons (Fsp3) is 0.192. The summed E-state index contributed by atoms with van der Waals surface area (Å²) in [5.41, 5.74) is 1.61. The molecular weight excluding hydrogens is 569 g/mol. The molecule has 2 heterocycles. The van der Waals surface area contributed by atoms with E-state index in [1.165, 1.54) is 43.5 Å². The molecule has 0 saturated carbocycles. The van der Waals surface area contributed by atoms with Crippen LogP contribution in [0.25, 0.3) is 11.3 Å². The Morgan fingerprint density at radius 2 is 1.74 bits per heavy atom. The van der Waals surface area contributed by atoms with Gasteiger partial charge in [-0.15, -0.1) is 0 Å². The second kappa shape index (κ2) is 11.5. The monoisotopic (exact) mass is 591 g/mol. The van der Waals surface area contributed by atoms with Crippen LogP contribution in [0.2, 0.25) is 10.0 Å². The average molecular weight is 592 g/mol. The van der Waals surface area contributed by atoms with Gasteiger partial charge in [0.05, 0.1) is 33.2 Å². The van der Waals surface area contributed by atoms with E-state index in [0.29, 0.717) is 32.6 Å². The topological polar surface area (TPSA) is 141 Å². The molecule has 0 unspecified atom stereocenters. The highest BCUT2D eigenvalue weighted by atomic mass is 35.5. The Morgan fingerprint density at radius 3 is 2.33 bits per heavy atom. The Balaban J connectivity index is 1.58. The molecule has 0 aliphatic heterocycles. The summed E-state index contributed by atoms with van der Waals surface area (Å²) in [4.78, 5) is 15.2. The fourth-order valence-corrected chi connectivity index (χ4v) is 5.33. The van der Waals surface area contributed by atoms with Crippen molar-refractivity contribution in [3.63, 3.8) is 0 Å². The molecule has 0 amide bonds. The molecular formula is C26H23Cl2N3O7S. The fourth-order valence-electron chi connectivity index (χ4n) is 3.70. The predicted octanol–water partition coefficient (Wildman–Crippen LogP) is 6.25. The molecule has 10 nitrogen and oxygen atoms in total. The minimum Gasteiger partial charge on any atom is -0.479 e. The number of aromatic carboxylic acids is 1. The maximum Gasteiger partial charge on any atom is 0.335 e. The van der Waals surface area contributed by atoms with Gasteiger partial charge in [-0.05, 0) is 42.5 Å². The number of sulfonamides is 1. The van der Waals surface area contributed by atoms with Crippen LogP contribution < -0.4 is 14.2 Å². The first-order valence-electron chi connectivity index (χ1n) is 11.5. The summed E-state index contributed by atoms with van der Waals surface area (Å²) in [6, 6.07) is 12.8. The van der Waals surface area contributed by atoms with Crippen molar-refractivity contribution in [2.24, 2.45) is 0 Å². The first kappa shape index (κ1) is 28.2. The van der Waals surface area contributed by atoms with Crippen molar-refractivity contribution >= 4 is 44.9 Å². The van der Waals surface area contributed by atoms with Gasteiger partial charge in [-0.25, -0.2) is 13.2 Å². The zero-order valence-corrected chi connectivity index (χ0v) is 23.3. The Bertz CT molecular complexity index is 1600. The molecule has 2 aromatic carbocycles. The number of carboxylic acids is 1. The van der Waals surface area contributed by atoms with Crippen molar-refractivity contribution in [2.75, 3.05) is 11.8 Å². The summed E-state index contributed by atoms with van der Waals surface area (Å²) in [5.74, 6) is -0.488. The Morgan fingerprint density at radius 1 is 1.08 bits per heavy atom. The number of pyridine rings is 1. The van der Waals surface area contributed by atoms with Crippen LogP contribution in [-0.2, 0) is 16.6 Å². The number of rotatable bonds is 10. The lowest BCUT2D eigenvalue weighted by Gasteiger charge is -2.14. The number of nitrogens with one attached hydrogen (secondary N) is 1. The quantitative estimate of drug-likeness (QED) is 0.218. The van der Waals surface area contributed by atoms with E-state index in [-0.39, 0.29) is 40.4 Å². The number of hydrogen-bond acceptors (Lipinski definition) is 8. The largest absolute Gasteiger partial charge is 0.479 e. The molecule has 4 rings (SSSR count). The van der Waals surface area contributed by atoms with Gasteiger partial charge in [0.1, 0.15) is 23.7 Å². The summed E-state index contributed by atoms with van der Waals surface area (Å²) in [7, 11) is -2.72. The molecule has 4 aromatic rings. The molecule has 0 fully saturated rings. The number of benzene rings is 2. The molecule has 0 spiro atoms. The van der Waals surface area contributed by atoms with E-state index in [4.69, 9.17) is 42.3 Å². The van der Waals surface area contributed by atoms with Gasteiger partial charge in [0.2, 0.25) is 11.8 Å². The van der Waals surface area contributed by atoms with Crippen LogP contribution in [0.3, 0.4) is 0 Å². The van der Waals surface area contributed by atoms with Crippen LogP contribution in [0.1, 0.15) is 41.4 Å². The second-order valence-corrected chi connectivity index (χ2v) is 11.1. The summed E-state index contributed by atoms with van der Waals surface area (Å²) in [6.45, 7) is 3.89. The normalized spacial score (nSPS) is 11.4. The van der Waals surface area contributed by atoms with Crippen molar-refractivity contribution in [3.05, 3.63) is 81.5 Å². The Kier molecular flexibility index (Phi) is 8.34. The molecule has 39 heavy (non-hydrogen) atoms. The molecule has 204 valence electrons. The van der Waals surface area contributed by atoms with Crippen LogP contribution >= 0.6 is 23.2 Å². The van der Waals surface area contributed by atoms with Crippen molar-refractivity contribution in [2.45, 2.75) is 31.3 Å². The zero-order valence-electron chi connectivity index (χ0n) is 20.9. The van der Waals surface area contributed by atoms with Crippen molar-refractivity contribution in [3.8, 4) is 23.0 Å². The molecule has 2 N–H and O–H groups in total. The molecule has 0 aliphatic rings. The average Bonchev–Trinajstić information content (AvgIpc) is 3.31. The lowest BCUT2D eigenvalue weighted by molar-refractivity contribution is 0.0696. The molecule has 2 aromatic heterocycles. The van der Waals surface area contributed by atoms with Crippen LogP contribution in [0.15, 0.2) is 64.0 Å². The van der Waals surface area contributed by atoms with Gasteiger partial charge in [0.15, 0.2) is 0 Å². The Hall–Kier alpha value is -3.80. The third kappa shape index (κ3) is 6.11. The van der Waals surface area contributed by atoms with E-state index in [2.05, 4.69) is 14.9 Å². The van der Waals surface area contributed by atoms with Gasteiger partial charge in [-0.3, -0.25) is 4.72 Å². The number of hydrogen-bond donors (Lipinski definition) is 2. The van der Waals surface area contributed by atoms with Gasteiger partial charge in [0, 0.05) is 17.5 Å². The minimum absolute atomic E-state index is 0.00501. The number of anilines is 1. The number of ether oxygens (including phenoxy) is 2. The maximum absolute atomic E-state index is 12.8. The van der Waals surface area contributed by atoms with E-state index in [1.807, 2.05) is 13.8 Å². The van der Waals surface area contributed by atoms with E-state index < -0.39 is 16.0 Å². The number of carbonyl (C=O) groups is 1. The van der Waals surface area contributed by atoms with E-state index in [9.17, 15) is 13.2 Å². The predicted molar refractivity (Wildman–Crippen MR) is 145 cm³/mol. The number of methoxy groups -OCH3 is 1. The highest BCUT2D eigenvalue weighted by Crippen LogP contribution is 2.39. The molecule has 0 bridgehead atoms. The van der Waals surface area contributed by atoms with Crippen LogP contribution in [0, 0.1) is 0 Å². The first-order valence-corrected chi connectivity index (χ1v) is 13.7. The summed E-state index contributed by atoms with van der Waals surface area (Å²) in [5, 5.41) is 14.0. The third-order valence-corrected chi connectivity index (χ3v) is 7.60. The van der Waals surface area contributed by atoms with Crippen LogP contribution in [0.5, 0.6) is 11.8 Å². The molecule has 0 radical (unpaired) electrons. The highest BCUT2D eigenvalue weighted by Gasteiger charge is 2.24. The molecule has 0 aliphatic carbocycles. The summed E-state index contributed by atoms with van der Waals surface area (Å²) in [6.07, 6.45) is 0. The van der Waals surface area contributed by atoms with Crippen LogP contribution in [-0.4, -0.2) is 36.7 Å². The van der Waals surface area contributed by atoms with Gasteiger partial charge in [-0.2, -0.15) is 4.98 Å². The number of nitrogens with zero attached hydrogens (tertiary/aromatic N) is 2. The maximum atomic E-state index is 12.8. The van der Waals surface area contributed by atoms with Crippen LogP contribution in [0.4, 0.5) is 5.69 Å². The van der Waals surface area contributed by atoms with Crippen molar-refractivity contribution < 1.29 is 32.3 Å². The van der Waals surface area contributed by atoms with E-state index in [1.54, 1.807) is 18.2 Å². The zero-order chi connectivity index (χ0) is 28.3. The molecule has 0 atom stereocenters. The minimum atomic E-state index is -4.06. The van der Waals surface area contributed by atoms with Crippen molar-refractivity contribution in [1.29, 1.82) is 0 Å². The lowest BCUT2D eigenvalue weighted by atomic mass is 10.0. The number of carboxylic acid groups (broad SMARTS) is 1. The van der Waals surface area contributed by atoms with Crippen molar-refractivity contribution in [1.82, 2.24) is 10.1 Å². The first-order chi connectivity index (χ1) is 18.5. The Labute approximate surface area is 234 Å². The number of aromatic nitrogens is 2. The molecule has 0 saturated heterocycles. The van der Waals surface area contributed by atoms with Gasteiger partial charge in [0.25, 0.3) is 10.0 Å². The number of halogens is 2. The summed E-state index contributed by atoms with van der Waals surface area (Å²) < 4.78 is 44.9. The molecule has 13 heteroatoms. The highest BCUT2D eigenvalue weighted by molar-refractivity contribution is 7.92. The van der Waals surface area contributed by atoms with Gasteiger partial charge >= 0.3 is 5.97 Å². The third-order valence-electron chi connectivity index (χ3n) is 5.59. The van der Waals surface area contributed by atoms with E-state index >= 15 is 0 Å². The smallest absolute Gasteiger partial charge is 0.335 e. The van der Waals surface area contributed by atoms with Gasteiger partial charge < -0.3 is 19.1 Å². The lowest BCUT2D eigenvalue weighted by Crippen LogP contribution is -2.14. The van der Waals surface area contributed by atoms with Gasteiger partial charge in [-0.1, -0.05) is 48.3 Å². The van der Waals surface area contributed by atoms with E-state index in [0.717, 1.165) is 0 Å². The standard InChI is InChI=1S/C26H23Cl2N3O7S/c1-14(2)24-17(23(30-38-24)22-18(27)5-4-6-19(22)28)13-37-21-12-11-20(25(29-21)36-3)31-39(34,35)16-9-7-15(8-10-16)26(32)33/h4-12,14,31H,13H2,1-3H3,(H,32,33).